The fourth-order valence-electron chi connectivity index (χ4n) is 3.19. The third-order valence-electron chi connectivity index (χ3n) is 4.89. The Morgan fingerprint density at radius 3 is 2.00 bits per heavy atom. The molecule has 146 valence electrons. The maximum Gasteiger partial charge on any atom is 0.287 e. The maximum absolute atomic E-state index is 12.3. The van der Waals surface area contributed by atoms with Gasteiger partial charge in [-0.05, 0) is 25.5 Å². The summed E-state index contributed by atoms with van der Waals surface area (Å²) in [6, 6.07) is 24.8. The van der Waals surface area contributed by atoms with Gasteiger partial charge in [0.2, 0.25) is 0 Å². The predicted molar refractivity (Wildman–Crippen MR) is 111 cm³/mol. The summed E-state index contributed by atoms with van der Waals surface area (Å²) in [5.41, 5.74) is 2.57. The number of carbonyl (C=O) groups is 1. The highest BCUT2D eigenvalue weighted by Crippen LogP contribution is 2.08. The van der Waals surface area contributed by atoms with Crippen LogP contribution in [0.3, 0.4) is 0 Å². The van der Waals surface area contributed by atoms with Crippen molar-refractivity contribution in [1.29, 1.82) is 0 Å². The van der Waals surface area contributed by atoms with Crippen LogP contribution in [-0.2, 0) is 19.6 Å². The summed E-state index contributed by atoms with van der Waals surface area (Å²) in [5, 5.41) is 2.95. The lowest BCUT2D eigenvalue weighted by Gasteiger charge is -2.19. The average molecular weight is 378 g/mol. The molecule has 4 heteroatoms. The monoisotopic (exact) mass is 377 g/mol. The first-order valence-electron chi connectivity index (χ1n) is 9.95. The van der Waals surface area contributed by atoms with Gasteiger partial charge in [0.25, 0.3) is 5.91 Å². The van der Waals surface area contributed by atoms with Crippen LogP contribution in [0.4, 0.5) is 0 Å². The van der Waals surface area contributed by atoms with Crippen LogP contribution in [0.1, 0.15) is 47.7 Å². The molecule has 0 bridgehead atoms. The molecule has 3 rings (SSSR count). The molecule has 0 radical (unpaired) electrons. The summed E-state index contributed by atoms with van der Waals surface area (Å²) in [4.78, 5) is 13.6. The lowest BCUT2D eigenvalue weighted by molar-refractivity contribution is -0.942. The molecular weight excluding hydrogens is 348 g/mol. The Kier molecular flexibility index (Phi) is 7.04. The van der Waals surface area contributed by atoms with Gasteiger partial charge >= 0.3 is 0 Å². The summed E-state index contributed by atoms with van der Waals surface area (Å²) in [6.07, 6.45) is 0.894. The minimum atomic E-state index is -0.145. The zero-order valence-electron chi connectivity index (χ0n) is 16.7. The highest BCUT2D eigenvalue weighted by molar-refractivity contribution is 5.91. The lowest BCUT2D eigenvalue weighted by Crippen LogP contribution is -3.08. The highest BCUT2D eigenvalue weighted by atomic mass is 16.4. The van der Waals surface area contributed by atoms with Gasteiger partial charge in [0.05, 0.1) is 0 Å². The predicted octanol–water partition coefficient (Wildman–Crippen LogP) is 3.59. The second-order valence-corrected chi connectivity index (χ2v) is 7.30. The van der Waals surface area contributed by atoms with Gasteiger partial charge in [-0.2, -0.15) is 0 Å². The molecule has 0 aliphatic carbocycles. The van der Waals surface area contributed by atoms with E-state index in [0.717, 1.165) is 31.8 Å². The molecule has 1 atom stereocenters. The second-order valence-electron chi connectivity index (χ2n) is 7.30. The number of hydrogen-bond acceptors (Lipinski definition) is 2. The third kappa shape index (κ3) is 5.83. The zero-order valence-corrected chi connectivity index (χ0v) is 16.7. The molecule has 4 nitrogen and oxygen atoms in total. The van der Waals surface area contributed by atoms with E-state index in [0.29, 0.717) is 5.76 Å². The Hall–Kier alpha value is -2.85. The van der Waals surface area contributed by atoms with Crippen LogP contribution in [-0.4, -0.2) is 11.9 Å². The Morgan fingerprint density at radius 2 is 1.46 bits per heavy atom. The number of quaternary nitrogens is 1. The molecule has 0 fully saturated rings. The topological polar surface area (TPSA) is 46.7 Å². The van der Waals surface area contributed by atoms with E-state index in [-0.39, 0.29) is 11.9 Å². The van der Waals surface area contributed by atoms with Crippen LogP contribution in [0.15, 0.2) is 77.2 Å². The first-order chi connectivity index (χ1) is 13.6. The van der Waals surface area contributed by atoms with Crippen molar-refractivity contribution in [3.8, 4) is 0 Å². The smallest absolute Gasteiger partial charge is 0.287 e. The largest absolute Gasteiger partial charge is 0.450 e. The van der Waals surface area contributed by atoms with Crippen molar-refractivity contribution in [3.63, 3.8) is 0 Å². The molecule has 0 saturated heterocycles. The molecule has 1 amide bonds. The molecule has 0 unspecified atom stereocenters. The maximum atomic E-state index is 12.3. The Morgan fingerprint density at radius 1 is 0.893 bits per heavy atom. The molecule has 28 heavy (non-hydrogen) atoms. The van der Waals surface area contributed by atoms with E-state index < -0.39 is 0 Å². The fourth-order valence-corrected chi connectivity index (χ4v) is 3.19. The van der Waals surface area contributed by atoms with Gasteiger partial charge < -0.3 is 14.6 Å². The van der Waals surface area contributed by atoms with Gasteiger partial charge in [-0.1, -0.05) is 67.6 Å². The average Bonchev–Trinajstić information content (AvgIpc) is 3.18. The zero-order chi connectivity index (χ0) is 19.8. The number of carbonyl (C=O) groups excluding carboxylic acids is 1. The number of nitrogens with one attached hydrogen (secondary N) is 2. The van der Waals surface area contributed by atoms with E-state index in [9.17, 15) is 4.79 Å². The molecule has 2 aromatic carbocycles. The fraction of sp³-hybridized carbons (Fsp3) is 0.292. The Labute approximate surface area is 167 Å². The van der Waals surface area contributed by atoms with Crippen LogP contribution in [0.25, 0.3) is 0 Å². The quantitative estimate of drug-likeness (QED) is 0.599. The van der Waals surface area contributed by atoms with Gasteiger partial charge in [0, 0.05) is 17.2 Å². The Bertz CT molecular complexity index is 817. The molecule has 0 spiro atoms. The van der Waals surface area contributed by atoms with Gasteiger partial charge in [0.15, 0.2) is 11.5 Å². The number of amides is 1. The SMILES string of the molecule is CC[C@@H](C)NC(=O)c1ccc(C[NH+](Cc2ccccc2)Cc2ccccc2)o1. The molecule has 2 N–H and O–H groups in total. The van der Waals surface area contributed by atoms with Crippen LogP contribution in [0.5, 0.6) is 0 Å². The number of hydrogen-bond donors (Lipinski definition) is 2. The van der Waals surface area contributed by atoms with Gasteiger partial charge in [-0.15, -0.1) is 0 Å². The molecule has 0 saturated carbocycles. The molecule has 3 aromatic rings. The third-order valence-corrected chi connectivity index (χ3v) is 4.89. The molecular formula is C24H29N2O2+. The minimum absolute atomic E-state index is 0.138. The van der Waals surface area contributed by atoms with E-state index in [4.69, 9.17) is 4.42 Å². The van der Waals surface area contributed by atoms with Crippen molar-refractivity contribution in [2.45, 2.75) is 45.9 Å². The van der Waals surface area contributed by atoms with Crippen LogP contribution in [0.2, 0.25) is 0 Å². The number of furan rings is 1. The summed E-state index contributed by atoms with van der Waals surface area (Å²) in [5.74, 6) is 1.07. The Balaban J connectivity index is 1.71. The standard InChI is InChI=1S/C24H28N2O2/c1-3-19(2)25-24(27)23-15-14-22(28-23)18-26(16-20-10-6-4-7-11-20)17-21-12-8-5-9-13-21/h4-15,19H,3,16-18H2,1-2H3,(H,25,27)/p+1/t19-/m1/s1. The van der Waals surface area contributed by atoms with Crippen molar-refractivity contribution in [2.24, 2.45) is 0 Å². The van der Waals surface area contributed by atoms with Crippen molar-refractivity contribution in [2.75, 3.05) is 0 Å². The number of benzene rings is 2. The van der Waals surface area contributed by atoms with E-state index in [2.05, 4.69) is 53.8 Å². The summed E-state index contributed by atoms with van der Waals surface area (Å²) in [7, 11) is 0. The van der Waals surface area contributed by atoms with Gasteiger partial charge in [0.1, 0.15) is 19.6 Å². The van der Waals surface area contributed by atoms with E-state index in [1.54, 1.807) is 6.07 Å². The first-order valence-corrected chi connectivity index (χ1v) is 9.95. The van der Waals surface area contributed by atoms with E-state index in [1.807, 2.05) is 32.0 Å². The van der Waals surface area contributed by atoms with Crippen molar-refractivity contribution in [1.82, 2.24) is 5.32 Å². The second kappa shape index (κ2) is 9.90. The van der Waals surface area contributed by atoms with Crippen molar-refractivity contribution < 1.29 is 14.1 Å². The highest BCUT2D eigenvalue weighted by Gasteiger charge is 2.17. The summed E-state index contributed by atoms with van der Waals surface area (Å²) in [6.45, 7) is 6.55. The lowest BCUT2D eigenvalue weighted by atomic mass is 10.1. The normalized spacial score (nSPS) is 12.1. The van der Waals surface area contributed by atoms with Crippen molar-refractivity contribution >= 4 is 5.91 Å². The molecule has 1 aromatic heterocycles. The summed E-state index contributed by atoms with van der Waals surface area (Å²) >= 11 is 0. The van der Waals surface area contributed by atoms with Crippen LogP contribution >= 0.6 is 0 Å². The number of rotatable bonds is 9. The summed E-state index contributed by atoms with van der Waals surface area (Å²) < 4.78 is 5.86. The van der Waals surface area contributed by atoms with Crippen LogP contribution < -0.4 is 10.2 Å². The molecule has 1 heterocycles. The van der Waals surface area contributed by atoms with Crippen molar-refractivity contribution in [3.05, 3.63) is 95.4 Å². The van der Waals surface area contributed by atoms with Gasteiger partial charge in [-0.3, -0.25) is 4.79 Å². The van der Waals surface area contributed by atoms with E-state index in [1.165, 1.54) is 16.0 Å². The molecule has 0 aliphatic heterocycles. The minimum Gasteiger partial charge on any atom is -0.450 e. The molecule has 0 aliphatic rings. The van der Waals surface area contributed by atoms with Crippen LogP contribution in [0, 0.1) is 0 Å². The van der Waals surface area contributed by atoms with Gasteiger partial charge in [-0.25, -0.2) is 0 Å². The van der Waals surface area contributed by atoms with E-state index >= 15 is 0 Å². The first kappa shape index (κ1) is 19.9.